The van der Waals surface area contributed by atoms with Crippen molar-refractivity contribution in [2.24, 2.45) is 11.8 Å². The lowest BCUT2D eigenvalue weighted by atomic mass is 9.81. The van der Waals surface area contributed by atoms with E-state index >= 15 is 0 Å². The quantitative estimate of drug-likeness (QED) is 0.468. The second-order valence-electron chi connectivity index (χ2n) is 8.19. The molecule has 0 saturated heterocycles. The van der Waals surface area contributed by atoms with Gasteiger partial charge in [0.2, 0.25) is 0 Å². The minimum absolute atomic E-state index is 0.0866. The molecule has 0 amide bonds. The summed E-state index contributed by atoms with van der Waals surface area (Å²) in [7, 11) is 0. The molecule has 0 fully saturated rings. The van der Waals surface area contributed by atoms with Crippen LogP contribution in [-0.2, 0) is 14.4 Å². The molecule has 0 aliphatic heterocycles. The van der Waals surface area contributed by atoms with E-state index in [1.165, 1.54) is 0 Å². The fourth-order valence-corrected chi connectivity index (χ4v) is 3.06. The number of carbonyl (C=O) groups is 3. The van der Waals surface area contributed by atoms with Gasteiger partial charge in [0.25, 0.3) is 0 Å². The summed E-state index contributed by atoms with van der Waals surface area (Å²) in [6, 6.07) is 0. The first kappa shape index (κ1) is 23.0. The minimum atomic E-state index is -2.35. The zero-order chi connectivity index (χ0) is 20.9. The number of aliphatic hydroxyl groups excluding tert-OH is 1. The Hall–Kier alpha value is -2.01. The van der Waals surface area contributed by atoms with E-state index in [4.69, 9.17) is 0 Å². The lowest BCUT2D eigenvalue weighted by molar-refractivity contribution is -0.144. The second kappa shape index (κ2) is 9.27. The molecular formula is C22H32O5. The van der Waals surface area contributed by atoms with E-state index in [2.05, 4.69) is 0 Å². The van der Waals surface area contributed by atoms with Crippen molar-refractivity contribution >= 4 is 17.3 Å². The first-order valence-electron chi connectivity index (χ1n) is 9.46. The van der Waals surface area contributed by atoms with Crippen LogP contribution in [0.1, 0.15) is 67.2 Å². The van der Waals surface area contributed by atoms with Gasteiger partial charge < -0.3 is 10.2 Å². The van der Waals surface area contributed by atoms with Crippen LogP contribution in [0.2, 0.25) is 0 Å². The van der Waals surface area contributed by atoms with Crippen molar-refractivity contribution in [1.29, 1.82) is 0 Å². The standard InChI is InChI=1S/C22H32O5/c1-13(2)7-10-16-20(25)19(17(23)11-8-14(3)4)21(26)22(16,27)18(24)12-9-15(5)6/h7,9,14,16,26-27H,8,10-12H2,1-6H3. The molecule has 1 aliphatic rings. The Morgan fingerprint density at radius 3 is 2.15 bits per heavy atom. The third-order valence-electron chi connectivity index (χ3n) is 4.78. The van der Waals surface area contributed by atoms with Crippen molar-refractivity contribution in [3.63, 3.8) is 0 Å². The molecule has 0 aromatic rings. The number of aliphatic hydroxyl groups is 2. The van der Waals surface area contributed by atoms with Gasteiger partial charge in [-0.1, -0.05) is 37.1 Å². The lowest BCUT2D eigenvalue weighted by Gasteiger charge is -2.27. The van der Waals surface area contributed by atoms with E-state index in [9.17, 15) is 24.6 Å². The minimum Gasteiger partial charge on any atom is -0.508 e. The Bertz CT molecular complexity index is 700. The molecule has 0 spiro atoms. The Morgan fingerprint density at radius 1 is 1.11 bits per heavy atom. The highest BCUT2D eigenvalue weighted by Gasteiger charge is 2.58. The summed E-state index contributed by atoms with van der Waals surface area (Å²) in [6.45, 7) is 11.2. The highest BCUT2D eigenvalue weighted by molar-refractivity contribution is 6.26. The van der Waals surface area contributed by atoms with Gasteiger partial charge in [0, 0.05) is 12.8 Å². The number of hydrogen-bond acceptors (Lipinski definition) is 5. The van der Waals surface area contributed by atoms with Gasteiger partial charge in [-0.15, -0.1) is 0 Å². The molecule has 1 aliphatic carbocycles. The zero-order valence-electron chi connectivity index (χ0n) is 17.3. The third kappa shape index (κ3) is 5.25. The summed E-state index contributed by atoms with van der Waals surface area (Å²) in [4.78, 5) is 38.2. The maximum Gasteiger partial charge on any atom is 0.191 e. The molecule has 5 nitrogen and oxygen atoms in total. The first-order valence-corrected chi connectivity index (χ1v) is 9.46. The Balaban J connectivity index is 3.35. The summed E-state index contributed by atoms with van der Waals surface area (Å²) < 4.78 is 0. The molecule has 150 valence electrons. The summed E-state index contributed by atoms with van der Waals surface area (Å²) >= 11 is 0. The van der Waals surface area contributed by atoms with Crippen LogP contribution in [0.4, 0.5) is 0 Å². The number of rotatable bonds is 9. The molecule has 0 heterocycles. The SMILES string of the molecule is CC(C)=CCC(=O)C1(O)C(O)=C(C(=O)CCC(C)C)C(=O)C1CC=C(C)C. The summed E-state index contributed by atoms with van der Waals surface area (Å²) in [5, 5.41) is 21.7. The fourth-order valence-electron chi connectivity index (χ4n) is 3.06. The molecule has 0 radical (unpaired) electrons. The van der Waals surface area contributed by atoms with Crippen molar-refractivity contribution in [2.45, 2.75) is 72.8 Å². The Kier molecular flexibility index (Phi) is 7.90. The van der Waals surface area contributed by atoms with Gasteiger partial charge >= 0.3 is 0 Å². The van der Waals surface area contributed by atoms with Gasteiger partial charge in [-0.3, -0.25) is 14.4 Å². The Labute approximate surface area is 161 Å². The fraction of sp³-hybridized carbons (Fsp3) is 0.591. The van der Waals surface area contributed by atoms with Crippen LogP contribution in [0.5, 0.6) is 0 Å². The monoisotopic (exact) mass is 376 g/mol. The third-order valence-corrected chi connectivity index (χ3v) is 4.78. The number of Topliss-reactive ketones (excluding diaryl/α,β-unsaturated/α-hetero) is 3. The number of hydrogen-bond donors (Lipinski definition) is 2. The van der Waals surface area contributed by atoms with Gasteiger partial charge in [-0.25, -0.2) is 0 Å². The van der Waals surface area contributed by atoms with Gasteiger partial charge in [0.1, 0.15) is 11.3 Å². The second-order valence-corrected chi connectivity index (χ2v) is 8.19. The Morgan fingerprint density at radius 2 is 1.67 bits per heavy atom. The maximum atomic E-state index is 12.9. The van der Waals surface area contributed by atoms with E-state index in [0.717, 1.165) is 11.1 Å². The molecule has 5 heteroatoms. The topological polar surface area (TPSA) is 91.7 Å². The summed E-state index contributed by atoms with van der Waals surface area (Å²) in [5.74, 6) is -3.53. The summed E-state index contributed by atoms with van der Waals surface area (Å²) in [6.07, 6.45) is 3.99. The predicted octanol–water partition coefficient (Wildman–Crippen LogP) is 4.02. The molecular weight excluding hydrogens is 344 g/mol. The normalized spacial score (nSPS) is 22.2. The molecule has 1 rings (SSSR count). The van der Waals surface area contributed by atoms with Gasteiger partial charge in [-0.05, 0) is 46.5 Å². The first-order chi connectivity index (χ1) is 12.4. The highest BCUT2D eigenvalue weighted by Crippen LogP contribution is 2.41. The van der Waals surface area contributed by atoms with E-state index < -0.39 is 40.2 Å². The largest absolute Gasteiger partial charge is 0.508 e. The van der Waals surface area contributed by atoms with Gasteiger partial charge in [0.15, 0.2) is 23.0 Å². The van der Waals surface area contributed by atoms with Gasteiger partial charge in [-0.2, -0.15) is 0 Å². The van der Waals surface area contributed by atoms with Crippen molar-refractivity contribution < 1.29 is 24.6 Å². The van der Waals surface area contributed by atoms with E-state index in [0.29, 0.717) is 6.42 Å². The average molecular weight is 376 g/mol. The van der Waals surface area contributed by atoms with Crippen LogP contribution in [0.15, 0.2) is 34.6 Å². The van der Waals surface area contributed by atoms with Gasteiger partial charge in [0.05, 0.1) is 5.92 Å². The van der Waals surface area contributed by atoms with E-state index in [1.807, 2.05) is 41.5 Å². The molecule has 2 atom stereocenters. The van der Waals surface area contributed by atoms with Crippen LogP contribution < -0.4 is 0 Å². The molecule has 0 bridgehead atoms. The predicted molar refractivity (Wildman–Crippen MR) is 105 cm³/mol. The van der Waals surface area contributed by atoms with Crippen LogP contribution in [0.3, 0.4) is 0 Å². The molecule has 0 aromatic heterocycles. The lowest BCUT2D eigenvalue weighted by Crippen LogP contribution is -2.46. The average Bonchev–Trinajstić information content (AvgIpc) is 2.75. The zero-order valence-corrected chi connectivity index (χ0v) is 17.3. The van der Waals surface area contributed by atoms with Crippen LogP contribution in [0, 0.1) is 11.8 Å². The summed E-state index contributed by atoms with van der Waals surface area (Å²) in [5.41, 5.74) is -0.955. The van der Waals surface area contributed by atoms with Crippen LogP contribution in [0.25, 0.3) is 0 Å². The van der Waals surface area contributed by atoms with Crippen molar-refractivity contribution in [3.05, 3.63) is 34.6 Å². The molecule has 0 aromatic carbocycles. The van der Waals surface area contributed by atoms with Crippen molar-refractivity contribution in [1.82, 2.24) is 0 Å². The number of allylic oxidation sites excluding steroid dienone is 5. The van der Waals surface area contributed by atoms with E-state index in [-0.39, 0.29) is 25.2 Å². The maximum absolute atomic E-state index is 12.9. The highest BCUT2D eigenvalue weighted by atomic mass is 16.3. The van der Waals surface area contributed by atoms with Crippen molar-refractivity contribution in [2.75, 3.05) is 0 Å². The van der Waals surface area contributed by atoms with E-state index in [1.54, 1.807) is 12.2 Å². The number of carbonyl (C=O) groups excluding carboxylic acids is 3. The molecule has 2 N–H and O–H groups in total. The van der Waals surface area contributed by atoms with Crippen LogP contribution in [-0.4, -0.2) is 33.2 Å². The number of ketones is 3. The molecule has 0 saturated carbocycles. The van der Waals surface area contributed by atoms with Crippen molar-refractivity contribution in [3.8, 4) is 0 Å². The molecule has 27 heavy (non-hydrogen) atoms. The molecule has 2 unspecified atom stereocenters. The van der Waals surface area contributed by atoms with Crippen LogP contribution >= 0.6 is 0 Å². The smallest absolute Gasteiger partial charge is 0.191 e.